The minimum absolute atomic E-state index is 0.00485. The second kappa shape index (κ2) is 17.2. The maximum Gasteiger partial charge on any atom is 0.338 e. The molecule has 0 heterocycles. The van der Waals surface area contributed by atoms with Crippen molar-refractivity contribution in [3.63, 3.8) is 0 Å². The van der Waals surface area contributed by atoms with E-state index in [9.17, 15) is 44.1 Å². The van der Waals surface area contributed by atoms with Crippen LogP contribution in [-0.4, -0.2) is 99.4 Å². The summed E-state index contributed by atoms with van der Waals surface area (Å²) in [5.41, 5.74) is -8.65. The highest BCUT2D eigenvalue weighted by Crippen LogP contribution is 2.62. The summed E-state index contributed by atoms with van der Waals surface area (Å²) in [6, 6.07) is 22.5. The Bertz CT molecular complexity index is 2330. The minimum atomic E-state index is -2.50. The van der Waals surface area contributed by atoms with E-state index in [1.807, 2.05) is 0 Å². The molecule has 9 atom stereocenters. The third-order valence-electron chi connectivity index (χ3n) is 12.6. The third kappa shape index (κ3) is 7.98. The quantitative estimate of drug-likeness (QED) is 0.0882. The van der Waals surface area contributed by atoms with Crippen molar-refractivity contribution in [3.05, 3.63) is 130 Å². The number of hydrogen-bond donors (Lipinski definition) is 4. The summed E-state index contributed by atoms with van der Waals surface area (Å²) in [5.74, 6) is -7.50. The predicted molar refractivity (Wildman–Crippen MR) is 219 cm³/mol. The molecule has 0 unspecified atom stereocenters. The molecule has 4 N–H and O–H groups in total. The standard InChI is InChI=1S/C47H49NO14/c1-26-33(61-43(56)36(52)35(29-16-10-7-11-17-29)48-41(54)30-18-12-8-13-19-30)23-47(58)40(62-42(55)31-20-14-9-15-21-31)38-45(6,32(24-49)22-46(38,57)25-59-27(2)50)39(53)37(60-28(3)51)34(26)44(47,4)5/h7-22,24,33,35-38,40,52,57-58H,23,25H2,1-6H3,(H,48,54)/t33-,35-,36+,37+,38-,40-,45+,46+,47+/m0/s1. The lowest BCUT2D eigenvalue weighted by atomic mass is 9.49. The van der Waals surface area contributed by atoms with E-state index in [4.69, 9.17) is 18.9 Å². The number of aldehydes is 1. The number of amides is 1. The first-order valence-corrected chi connectivity index (χ1v) is 20.0. The number of carbonyl (C=O) groups is 7. The van der Waals surface area contributed by atoms with Crippen molar-refractivity contribution in [1.29, 1.82) is 0 Å². The van der Waals surface area contributed by atoms with Gasteiger partial charge >= 0.3 is 23.9 Å². The number of esters is 4. The Labute approximate surface area is 357 Å². The fourth-order valence-corrected chi connectivity index (χ4v) is 9.33. The third-order valence-corrected chi connectivity index (χ3v) is 12.6. The molecule has 1 saturated carbocycles. The van der Waals surface area contributed by atoms with Crippen LogP contribution in [0, 0.1) is 16.7 Å². The summed E-state index contributed by atoms with van der Waals surface area (Å²) in [7, 11) is 0. The van der Waals surface area contributed by atoms with Gasteiger partial charge in [-0.25, -0.2) is 9.59 Å². The van der Waals surface area contributed by atoms with Gasteiger partial charge in [0.1, 0.15) is 36.3 Å². The molecule has 0 aliphatic heterocycles. The van der Waals surface area contributed by atoms with Crippen molar-refractivity contribution in [1.82, 2.24) is 5.32 Å². The summed E-state index contributed by atoms with van der Waals surface area (Å²) in [6.07, 6.45) is -6.82. The van der Waals surface area contributed by atoms with E-state index in [1.54, 1.807) is 78.9 Å². The van der Waals surface area contributed by atoms with Crippen molar-refractivity contribution in [3.8, 4) is 0 Å². The first kappa shape index (κ1) is 45.2. The van der Waals surface area contributed by atoms with Gasteiger partial charge < -0.3 is 39.6 Å². The molecule has 15 nitrogen and oxygen atoms in total. The highest BCUT2D eigenvalue weighted by Gasteiger charge is 2.73. The van der Waals surface area contributed by atoms with Gasteiger partial charge in [-0.2, -0.15) is 0 Å². The topological polar surface area (TPSA) is 229 Å². The number of benzene rings is 3. The van der Waals surface area contributed by atoms with Gasteiger partial charge in [-0.1, -0.05) is 80.6 Å². The number of ketones is 1. The zero-order valence-electron chi connectivity index (χ0n) is 35.0. The molecule has 3 aromatic carbocycles. The summed E-state index contributed by atoms with van der Waals surface area (Å²) in [4.78, 5) is 95.2. The molecule has 3 aliphatic carbocycles. The minimum Gasteiger partial charge on any atom is -0.462 e. The normalized spacial score (nSPS) is 28.4. The SMILES string of the molecule is CC(=O)OC[C@]1(O)C=C(C=O)[C@@]2(C)C(=O)[C@H](OC(C)=O)C3=C(C)[C@@H](OC(=O)[C@H](O)[C@@H](NC(=O)c4ccccc4)c4ccccc4)C[C@@](O)([C@@H](OC(=O)c4ccccc4)[C@@H]21)C3(C)C. The van der Waals surface area contributed by atoms with Crippen LogP contribution in [0.3, 0.4) is 0 Å². The van der Waals surface area contributed by atoms with E-state index in [2.05, 4.69) is 5.32 Å². The van der Waals surface area contributed by atoms with E-state index in [1.165, 1.54) is 39.8 Å². The Hall–Kier alpha value is -6.29. The van der Waals surface area contributed by atoms with Gasteiger partial charge in [-0.3, -0.25) is 24.0 Å². The molecule has 3 aromatic rings. The molecule has 2 bridgehead atoms. The lowest BCUT2D eigenvalue weighted by Gasteiger charge is -2.59. The van der Waals surface area contributed by atoms with Crippen LogP contribution in [0.15, 0.2) is 114 Å². The Morgan fingerprint density at radius 2 is 1.39 bits per heavy atom. The molecule has 326 valence electrons. The van der Waals surface area contributed by atoms with Gasteiger partial charge in [-0.15, -0.1) is 0 Å². The lowest BCUT2D eigenvalue weighted by molar-refractivity contribution is -0.227. The monoisotopic (exact) mass is 851 g/mol. The van der Waals surface area contributed by atoms with Crippen LogP contribution in [0.25, 0.3) is 0 Å². The number of ether oxygens (including phenoxy) is 4. The summed E-state index contributed by atoms with van der Waals surface area (Å²) < 4.78 is 23.3. The molecule has 15 heteroatoms. The average molecular weight is 852 g/mol. The van der Waals surface area contributed by atoms with E-state index >= 15 is 4.79 Å². The van der Waals surface area contributed by atoms with Crippen molar-refractivity contribution in [2.45, 2.75) is 89.6 Å². The molecule has 6 rings (SSSR count). The van der Waals surface area contributed by atoms with Crippen molar-refractivity contribution in [2.24, 2.45) is 16.7 Å². The fraction of sp³-hybridized carbons (Fsp3) is 0.383. The molecule has 3 aliphatic rings. The number of aliphatic hydroxyl groups is 3. The fourth-order valence-electron chi connectivity index (χ4n) is 9.33. The highest BCUT2D eigenvalue weighted by molar-refractivity contribution is 6.02. The van der Waals surface area contributed by atoms with Gasteiger partial charge in [-0.05, 0) is 60.9 Å². The van der Waals surface area contributed by atoms with E-state index in [-0.39, 0.29) is 27.8 Å². The van der Waals surface area contributed by atoms with Crippen LogP contribution in [0.2, 0.25) is 0 Å². The van der Waals surface area contributed by atoms with Crippen LogP contribution in [0.4, 0.5) is 0 Å². The number of fused-ring (bicyclic) bond motifs is 3. The number of allylic oxidation sites excluding steroid dienone is 1. The Morgan fingerprint density at radius 3 is 1.94 bits per heavy atom. The summed E-state index contributed by atoms with van der Waals surface area (Å²) in [6.45, 7) is 6.97. The molecule has 1 amide bonds. The molecular weight excluding hydrogens is 803 g/mol. The van der Waals surface area contributed by atoms with E-state index in [0.717, 1.165) is 19.9 Å². The number of aliphatic hydroxyl groups excluding tert-OH is 1. The Kier molecular flexibility index (Phi) is 12.6. The predicted octanol–water partition coefficient (Wildman–Crippen LogP) is 3.70. The molecule has 0 spiro atoms. The lowest BCUT2D eigenvalue weighted by Crippen LogP contribution is -2.71. The maximum absolute atomic E-state index is 15.3. The molecule has 0 radical (unpaired) electrons. The van der Waals surface area contributed by atoms with Crippen molar-refractivity contribution >= 4 is 41.9 Å². The van der Waals surface area contributed by atoms with Gasteiger partial charge in [0.25, 0.3) is 5.91 Å². The second-order valence-corrected chi connectivity index (χ2v) is 16.7. The van der Waals surface area contributed by atoms with Gasteiger partial charge in [0.15, 0.2) is 18.0 Å². The van der Waals surface area contributed by atoms with E-state index in [0.29, 0.717) is 11.8 Å². The van der Waals surface area contributed by atoms with Crippen LogP contribution in [0.1, 0.15) is 80.3 Å². The summed E-state index contributed by atoms with van der Waals surface area (Å²) >= 11 is 0. The zero-order chi connectivity index (χ0) is 45.4. The number of Topliss-reactive ketones (excluding diaryl/α,β-unsaturated/α-hetero) is 1. The number of hydrogen-bond acceptors (Lipinski definition) is 14. The van der Waals surface area contributed by atoms with Crippen LogP contribution < -0.4 is 5.32 Å². The highest BCUT2D eigenvalue weighted by atomic mass is 16.6. The maximum atomic E-state index is 15.3. The van der Waals surface area contributed by atoms with E-state index < -0.39 is 107 Å². The van der Waals surface area contributed by atoms with Gasteiger partial charge in [0.05, 0.1) is 22.9 Å². The molecule has 62 heavy (non-hydrogen) atoms. The van der Waals surface area contributed by atoms with Crippen molar-refractivity contribution < 1.29 is 67.8 Å². The Morgan fingerprint density at radius 1 is 0.823 bits per heavy atom. The average Bonchev–Trinajstić information content (AvgIpc) is 3.48. The van der Waals surface area contributed by atoms with Crippen LogP contribution in [0.5, 0.6) is 0 Å². The number of rotatable bonds is 12. The second-order valence-electron chi connectivity index (χ2n) is 16.7. The number of carbonyl (C=O) groups excluding carboxylic acids is 7. The van der Waals surface area contributed by atoms with Crippen LogP contribution >= 0.6 is 0 Å². The first-order valence-electron chi connectivity index (χ1n) is 20.0. The number of nitrogens with one attached hydrogen (secondary N) is 1. The molecule has 0 aromatic heterocycles. The largest absolute Gasteiger partial charge is 0.462 e. The summed E-state index contributed by atoms with van der Waals surface area (Å²) in [5, 5.41) is 40.5. The van der Waals surface area contributed by atoms with Gasteiger partial charge in [0, 0.05) is 36.8 Å². The van der Waals surface area contributed by atoms with Crippen LogP contribution in [-0.2, 0) is 42.9 Å². The smallest absolute Gasteiger partial charge is 0.338 e. The zero-order valence-corrected chi connectivity index (χ0v) is 35.0. The molecule has 1 fully saturated rings. The molecular formula is C47H49NO14. The molecule has 0 saturated heterocycles. The van der Waals surface area contributed by atoms with Crippen molar-refractivity contribution in [2.75, 3.05) is 6.61 Å². The first-order chi connectivity index (χ1) is 29.2. The van der Waals surface area contributed by atoms with Gasteiger partial charge in [0.2, 0.25) is 0 Å². The Balaban J connectivity index is 1.53.